The van der Waals surface area contributed by atoms with E-state index in [-0.39, 0.29) is 29.9 Å². The Bertz CT molecular complexity index is 579. The van der Waals surface area contributed by atoms with Gasteiger partial charge in [0.05, 0.1) is 25.3 Å². The van der Waals surface area contributed by atoms with Gasteiger partial charge in [-0.2, -0.15) is 0 Å². The minimum absolute atomic E-state index is 0.00317. The molecule has 1 aromatic carbocycles. The second-order valence-corrected chi connectivity index (χ2v) is 5.89. The molecular formula is C15H20ClFN3O3+. The molecule has 126 valence electrons. The molecule has 0 bridgehead atoms. The molecule has 0 radical (unpaired) electrons. The molecule has 2 rings (SSSR count). The van der Waals surface area contributed by atoms with Crippen LogP contribution in [0.3, 0.4) is 0 Å². The molecule has 2 N–H and O–H groups in total. The van der Waals surface area contributed by atoms with Crippen LogP contribution in [-0.2, 0) is 14.3 Å². The molecular weight excluding hydrogens is 325 g/mol. The van der Waals surface area contributed by atoms with Gasteiger partial charge in [-0.3, -0.25) is 9.59 Å². The summed E-state index contributed by atoms with van der Waals surface area (Å²) in [5.74, 6) is -0.799. The molecule has 8 heteroatoms. The van der Waals surface area contributed by atoms with Crippen LogP contribution in [0.1, 0.15) is 0 Å². The van der Waals surface area contributed by atoms with E-state index in [1.54, 1.807) is 11.9 Å². The Balaban J connectivity index is 1.79. The van der Waals surface area contributed by atoms with E-state index in [0.29, 0.717) is 32.0 Å². The summed E-state index contributed by atoms with van der Waals surface area (Å²) in [6.45, 7) is 2.65. The van der Waals surface area contributed by atoms with Crippen LogP contribution in [0.15, 0.2) is 18.2 Å². The number of nitrogens with zero attached hydrogens (tertiary/aromatic N) is 1. The van der Waals surface area contributed by atoms with Gasteiger partial charge >= 0.3 is 0 Å². The zero-order valence-electron chi connectivity index (χ0n) is 12.9. The Kier molecular flexibility index (Phi) is 6.32. The van der Waals surface area contributed by atoms with Crippen LogP contribution in [0.5, 0.6) is 0 Å². The molecule has 1 heterocycles. The quantitative estimate of drug-likeness (QED) is 0.777. The lowest BCUT2D eigenvalue weighted by molar-refractivity contribution is -0.862. The summed E-state index contributed by atoms with van der Waals surface area (Å²) in [6.07, 6.45) is 0. The fraction of sp³-hybridized carbons (Fsp3) is 0.467. The van der Waals surface area contributed by atoms with Gasteiger partial charge in [0, 0.05) is 18.8 Å². The Morgan fingerprint density at radius 2 is 2.04 bits per heavy atom. The monoisotopic (exact) mass is 344 g/mol. The van der Waals surface area contributed by atoms with Crippen molar-refractivity contribution in [2.45, 2.75) is 0 Å². The first-order valence-electron chi connectivity index (χ1n) is 7.37. The first-order valence-corrected chi connectivity index (χ1v) is 7.75. The zero-order valence-corrected chi connectivity index (χ0v) is 13.7. The highest BCUT2D eigenvalue weighted by atomic mass is 35.5. The van der Waals surface area contributed by atoms with Crippen molar-refractivity contribution in [3.8, 4) is 0 Å². The summed E-state index contributed by atoms with van der Waals surface area (Å²) in [5, 5.41) is 2.59. The average Bonchev–Trinajstić information content (AvgIpc) is 2.51. The molecule has 1 fully saturated rings. The fourth-order valence-electron chi connectivity index (χ4n) is 2.30. The second-order valence-electron chi connectivity index (χ2n) is 5.48. The normalized spacial score (nSPS) is 16.0. The third kappa shape index (κ3) is 5.46. The molecule has 1 saturated heterocycles. The Hall–Kier alpha value is -1.70. The van der Waals surface area contributed by atoms with E-state index < -0.39 is 5.82 Å². The number of halogens is 2. The summed E-state index contributed by atoms with van der Waals surface area (Å²) in [4.78, 5) is 26.6. The lowest BCUT2D eigenvalue weighted by Crippen LogP contribution is -3.11. The summed E-state index contributed by atoms with van der Waals surface area (Å²) in [6, 6.07) is 3.98. The van der Waals surface area contributed by atoms with Crippen LogP contribution in [0.4, 0.5) is 10.1 Å². The van der Waals surface area contributed by atoms with Crippen molar-refractivity contribution in [1.29, 1.82) is 0 Å². The molecule has 1 aromatic rings. The largest absolute Gasteiger partial charge is 0.378 e. The fourth-order valence-corrected chi connectivity index (χ4v) is 2.48. The van der Waals surface area contributed by atoms with Gasteiger partial charge in [0.2, 0.25) is 0 Å². The Morgan fingerprint density at radius 3 is 2.70 bits per heavy atom. The molecule has 1 aliphatic rings. The van der Waals surface area contributed by atoms with Gasteiger partial charge in [-0.1, -0.05) is 11.6 Å². The number of benzene rings is 1. The number of nitrogens with one attached hydrogen (secondary N) is 2. The number of carbonyl (C=O) groups is 2. The average molecular weight is 345 g/mol. The SMILES string of the molecule is C[NH+](CC(=O)Nc1ccc(F)c(Cl)c1)CC(=O)N1CCOCC1. The highest BCUT2D eigenvalue weighted by Gasteiger charge is 2.21. The number of anilines is 1. The lowest BCUT2D eigenvalue weighted by atomic mass is 10.3. The molecule has 2 amide bonds. The number of hydrogen-bond donors (Lipinski definition) is 2. The first-order chi connectivity index (χ1) is 11.0. The molecule has 0 aromatic heterocycles. The standard InChI is InChI=1S/C15H19ClFN3O3/c1-19(10-15(22)20-4-6-23-7-5-20)9-14(21)18-11-2-3-13(17)12(16)8-11/h2-3,8H,4-7,9-10H2,1H3,(H,18,21)/p+1. The van der Waals surface area contributed by atoms with E-state index in [4.69, 9.17) is 16.3 Å². The Labute approximate surface area is 139 Å². The molecule has 23 heavy (non-hydrogen) atoms. The maximum atomic E-state index is 13.1. The van der Waals surface area contributed by atoms with Crippen molar-refractivity contribution in [3.63, 3.8) is 0 Å². The molecule has 1 aliphatic heterocycles. The molecule has 1 unspecified atom stereocenters. The van der Waals surface area contributed by atoms with Gasteiger partial charge in [-0.05, 0) is 18.2 Å². The lowest BCUT2D eigenvalue weighted by Gasteiger charge is -2.27. The van der Waals surface area contributed by atoms with Crippen LogP contribution >= 0.6 is 11.6 Å². The predicted molar refractivity (Wildman–Crippen MR) is 84.1 cm³/mol. The van der Waals surface area contributed by atoms with Crippen molar-refractivity contribution in [2.24, 2.45) is 0 Å². The van der Waals surface area contributed by atoms with E-state index in [1.807, 2.05) is 0 Å². The van der Waals surface area contributed by atoms with Crippen LogP contribution in [0, 0.1) is 5.82 Å². The van der Waals surface area contributed by atoms with Crippen molar-refractivity contribution >= 4 is 29.1 Å². The van der Waals surface area contributed by atoms with Crippen molar-refractivity contribution in [2.75, 3.05) is 51.8 Å². The van der Waals surface area contributed by atoms with Crippen LogP contribution in [-0.4, -0.2) is 63.2 Å². The number of rotatable bonds is 5. The summed E-state index contributed by atoms with van der Waals surface area (Å²) < 4.78 is 18.3. The Morgan fingerprint density at radius 1 is 1.35 bits per heavy atom. The van der Waals surface area contributed by atoms with Crippen LogP contribution < -0.4 is 10.2 Å². The first kappa shape index (κ1) is 17.7. The number of amides is 2. The van der Waals surface area contributed by atoms with Gasteiger partial charge in [0.15, 0.2) is 13.1 Å². The van der Waals surface area contributed by atoms with Gasteiger partial charge < -0.3 is 19.9 Å². The maximum Gasteiger partial charge on any atom is 0.279 e. The van der Waals surface area contributed by atoms with Crippen molar-refractivity contribution in [1.82, 2.24) is 4.90 Å². The second kappa shape index (κ2) is 8.24. The van der Waals surface area contributed by atoms with E-state index in [2.05, 4.69) is 5.32 Å². The summed E-state index contributed by atoms with van der Waals surface area (Å²) >= 11 is 5.67. The third-order valence-corrected chi connectivity index (χ3v) is 3.77. The summed E-state index contributed by atoms with van der Waals surface area (Å²) in [7, 11) is 1.77. The van der Waals surface area contributed by atoms with Crippen molar-refractivity contribution in [3.05, 3.63) is 29.0 Å². The maximum absolute atomic E-state index is 13.1. The van der Waals surface area contributed by atoms with E-state index in [0.717, 1.165) is 4.90 Å². The molecule has 0 saturated carbocycles. The minimum Gasteiger partial charge on any atom is -0.378 e. The third-order valence-electron chi connectivity index (χ3n) is 3.48. The summed E-state index contributed by atoms with van der Waals surface area (Å²) in [5.41, 5.74) is 0.425. The molecule has 1 atom stereocenters. The van der Waals surface area contributed by atoms with E-state index >= 15 is 0 Å². The highest BCUT2D eigenvalue weighted by molar-refractivity contribution is 6.31. The van der Waals surface area contributed by atoms with Crippen LogP contribution in [0.25, 0.3) is 0 Å². The van der Waals surface area contributed by atoms with Gasteiger partial charge in [-0.25, -0.2) is 4.39 Å². The minimum atomic E-state index is -0.538. The van der Waals surface area contributed by atoms with E-state index in [9.17, 15) is 14.0 Å². The molecule has 0 aliphatic carbocycles. The topological polar surface area (TPSA) is 63.1 Å². The molecule has 0 spiro atoms. The number of likely N-dealkylation sites (N-methyl/N-ethyl adjacent to an activating group) is 1. The number of morpholine rings is 1. The predicted octanol–water partition coefficient (Wildman–Crippen LogP) is -0.209. The van der Waals surface area contributed by atoms with Gasteiger partial charge in [0.25, 0.3) is 11.8 Å². The van der Waals surface area contributed by atoms with Crippen molar-refractivity contribution < 1.29 is 23.6 Å². The number of carbonyl (C=O) groups excluding carboxylic acids is 2. The van der Waals surface area contributed by atoms with E-state index in [1.165, 1.54) is 18.2 Å². The smallest absolute Gasteiger partial charge is 0.279 e. The van der Waals surface area contributed by atoms with Gasteiger partial charge in [-0.15, -0.1) is 0 Å². The highest BCUT2D eigenvalue weighted by Crippen LogP contribution is 2.18. The number of hydrogen-bond acceptors (Lipinski definition) is 3. The molecule has 6 nitrogen and oxygen atoms in total. The number of quaternary nitrogens is 1. The van der Waals surface area contributed by atoms with Crippen LogP contribution in [0.2, 0.25) is 5.02 Å². The van der Waals surface area contributed by atoms with Gasteiger partial charge in [0.1, 0.15) is 5.82 Å². The zero-order chi connectivity index (χ0) is 16.8. The number of ether oxygens (including phenoxy) is 1.